The van der Waals surface area contributed by atoms with Gasteiger partial charge < -0.3 is 5.11 Å². The predicted molar refractivity (Wildman–Crippen MR) is 129 cm³/mol. The SMILES string of the molecule is Cc1cc(N2C(=O)c3c(Cl)ccc(NS(=O)(=O)c4ccc(C(C)(C)C)cc4)c3C2=O)ncc1O. The van der Waals surface area contributed by atoms with Crippen molar-refractivity contribution in [1.29, 1.82) is 0 Å². The maximum absolute atomic E-state index is 13.3. The van der Waals surface area contributed by atoms with E-state index in [-0.39, 0.29) is 43.7 Å². The van der Waals surface area contributed by atoms with Crippen LogP contribution in [-0.2, 0) is 15.4 Å². The number of nitrogens with one attached hydrogen (secondary N) is 1. The number of aromatic hydroxyl groups is 1. The van der Waals surface area contributed by atoms with E-state index in [9.17, 15) is 23.1 Å². The number of hydrogen-bond acceptors (Lipinski definition) is 6. The number of fused-ring (bicyclic) bond motifs is 1. The molecule has 0 fully saturated rings. The summed E-state index contributed by atoms with van der Waals surface area (Å²) in [6.07, 6.45) is 1.13. The molecule has 2 amide bonds. The van der Waals surface area contributed by atoms with Crippen LogP contribution < -0.4 is 9.62 Å². The van der Waals surface area contributed by atoms with Gasteiger partial charge in [0, 0.05) is 0 Å². The number of imide groups is 1. The molecular formula is C24H22ClN3O5S. The Kier molecular flexibility index (Phi) is 5.65. The van der Waals surface area contributed by atoms with E-state index in [4.69, 9.17) is 11.6 Å². The van der Waals surface area contributed by atoms with Crippen molar-refractivity contribution in [2.45, 2.75) is 38.0 Å². The highest BCUT2D eigenvalue weighted by Gasteiger charge is 2.42. The molecule has 176 valence electrons. The second-order valence-electron chi connectivity index (χ2n) is 9.00. The number of pyridine rings is 1. The fourth-order valence-electron chi connectivity index (χ4n) is 3.61. The van der Waals surface area contributed by atoms with Crippen molar-refractivity contribution in [2.24, 2.45) is 0 Å². The molecule has 8 nitrogen and oxygen atoms in total. The van der Waals surface area contributed by atoms with Crippen LogP contribution in [0, 0.1) is 6.92 Å². The average molecular weight is 500 g/mol. The molecule has 0 unspecified atom stereocenters. The average Bonchev–Trinajstić information content (AvgIpc) is 3.03. The van der Waals surface area contributed by atoms with E-state index >= 15 is 0 Å². The lowest BCUT2D eigenvalue weighted by molar-refractivity contribution is 0.0925. The summed E-state index contributed by atoms with van der Waals surface area (Å²) in [5, 5.41) is 9.73. The van der Waals surface area contributed by atoms with Crippen LogP contribution in [0.5, 0.6) is 5.75 Å². The van der Waals surface area contributed by atoms with E-state index in [1.165, 1.54) is 30.3 Å². The molecule has 34 heavy (non-hydrogen) atoms. The first-order chi connectivity index (χ1) is 15.8. The monoisotopic (exact) mass is 499 g/mol. The summed E-state index contributed by atoms with van der Waals surface area (Å²) in [5.74, 6) is -1.62. The van der Waals surface area contributed by atoms with Gasteiger partial charge in [-0.1, -0.05) is 44.5 Å². The molecule has 0 aliphatic carbocycles. The fraction of sp³-hybridized carbons (Fsp3) is 0.208. The van der Waals surface area contributed by atoms with Gasteiger partial charge in [-0.2, -0.15) is 0 Å². The van der Waals surface area contributed by atoms with Crippen molar-refractivity contribution in [3.63, 3.8) is 0 Å². The molecular weight excluding hydrogens is 478 g/mol. The number of anilines is 2. The molecule has 1 aromatic heterocycles. The molecule has 2 N–H and O–H groups in total. The van der Waals surface area contributed by atoms with Crippen molar-refractivity contribution in [2.75, 3.05) is 9.62 Å². The molecule has 0 radical (unpaired) electrons. The van der Waals surface area contributed by atoms with Crippen LogP contribution >= 0.6 is 11.6 Å². The number of benzene rings is 2. The highest BCUT2D eigenvalue weighted by atomic mass is 35.5. The fourth-order valence-corrected chi connectivity index (χ4v) is 4.92. The molecule has 1 aliphatic rings. The third-order valence-electron chi connectivity index (χ3n) is 5.56. The first kappa shape index (κ1) is 23.7. The normalized spacial score (nSPS) is 13.9. The zero-order chi connectivity index (χ0) is 25.0. The maximum Gasteiger partial charge on any atom is 0.269 e. The summed E-state index contributed by atoms with van der Waals surface area (Å²) in [6, 6.07) is 10.5. The smallest absolute Gasteiger partial charge is 0.269 e. The number of aryl methyl sites for hydroxylation is 1. The number of carbonyl (C=O) groups is 2. The van der Waals surface area contributed by atoms with Crippen LogP contribution in [0.2, 0.25) is 5.02 Å². The Bertz CT molecular complexity index is 1440. The molecule has 0 atom stereocenters. The molecule has 3 aromatic rings. The number of nitrogens with zero attached hydrogens (tertiary/aromatic N) is 2. The van der Waals surface area contributed by atoms with Gasteiger partial charge >= 0.3 is 0 Å². The molecule has 0 spiro atoms. The summed E-state index contributed by atoms with van der Waals surface area (Å²) in [6.45, 7) is 7.65. The van der Waals surface area contributed by atoms with Crippen LogP contribution in [0.1, 0.15) is 52.6 Å². The number of carbonyl (C=O) groups excluding carboxylic acids is 2. The Hall–Kier alpha value is -3.43. The first-order valence-corrected chi connectivity index (χ1v) is 12.2. The highest BCUT2D eigenvalue weighted by Crippen LogP contribution is 2.38. The van der Waals surface area contributed by atoms with E-state index in [1.807, 2.05) is 20.8 Å². The van der Waals surface area contributed by atoms with Gasteiger partial charge in [0.2, 0.25) is 0 Å². The van der Waals surface area contributed by atoms with Crippen molar-refractivity contribution in [3.05, 3.63) is 75.9 Å². The van der Waals surface area contributed by atoms with Crippen LogP contribution in [-0.4, -0.2) is 30.3 Å². The lowest BCUT2D eigenvalue weighted by atomic mass is 9.87. The van der Waals surface area contributed by atoms with Crippen LogP contribution in [0.3, 0.4) is 0 Å². The topological polar surface area (TPSA) is 117 Å². The van der Waals surface area contributed by atoms with Gasteiger partial charge in [0.25, 0.3) is 21.8 Å². The number of aromatic nitrogens is 1. The van der Waals surface area contributed by atoms with Gasteiger partial charge in [-0.3, -0.25) is 14.3 Å². The standard InChI is InChI=1S/C24H22ClN3O5S/c1-13-11-19(26-12-18(13)29)28-22(30)20-16(25)9-10-17(21(20)23(28)31)27-34(32,33)15-7-5-14(6-8-15)24(2,3)4/h5-12,27,29H,1-4H3. The molecule has 4 rings (SSSR count). The van der Waals surface area contributed by atoms with E-state index in [1.54, 1.807) is 19.1 Å². The summed E-state index contributed by atoms with van der Waals surface area (Å²) in [5.41, 5.74) is 0.862. The van der Waals surface area contributed by atoms with E-state index in [0.717, 1.165) is 16.7 Å². The molecule has 1 aliphatic heterocycles. The van der Waals surface area contributed by atoms with Crippen LogP contribution in [0.15, 0.2) is 53.6 Å². The number of amides is 2. The van der Waals surface area contributed by atoms with Gasteiger partial charge in [0.05, 0.1) is 32.9 Å². The molecule has 2 aromatic carbocycles. The van der Waals surface area contributed by atoms with Crippen molar-refractivity contribution >= 4 is 44.9 Å². The van der Waals surface area contributed by atoms with Crippen LogP contribution in [0.4, 0.5) is 11.5 Å². The lowest BCUT2D eigenvalue weighted by Crippen LogP contribution is -2.30. The maximum atomic E-state index is 13.3. The highest BCUT2D eigenvalue weighted by molar-refractivity contribution is 7.92. The first-order valence-electron chi connectivity index (χ1n) is 10.3. The molecule has 0 saturated carbocycles. The summed E-state index contributed by atoms with van der Waals surface area (Å²) in [7, 11) is -4.07. The Morgan fingerprint density at radius 2 is 1.62 bits per heavy atom. The summed E-state index contributed by atoms with van der Waals surface area (Å²) in [4.78, 5) is 31.1. The number of rotatable bonds is 4. The third-order valence-corrected chi connectivity index (χ3v) is 7.26. The van der Waals surface area contributed by atoms with Gasteiger partial charge in [0.15, 0.2) is 0 Å². The van der Waals surface area contributed by atoms with Gasteiger partial charge in [-0.05, 0) is 53.8 Å². The minimum absolute atomic E-state index is 0.00354. The Labute approximate surface area is 202 Å². The second-order valence-corrected chi connectivity index (χ2v) is 11.1. The molecule has 10 heteroatoms. The predicted octanol–water partition coefficient (Wildman–Crippen LogP) is 4.65. The quantitative estimate of drug-likeness (QED) is 0.505. The number of halogens is 1. The molecule has 0 saturated heterocycles. The summed E-state index contributed by atoms with van der Waals surface area (Å²) < 4.78 is 28.6. The van der Waals surface area contributed by atoms with Crippen molar-refractivity contribution in [3.8, 4) is 5.75 Å². The van der Waals surface area contributed by atoms with Crippen molar-refractivity contribution in [1.82, 2.24) is 4.98 Å². The third kappa shape index (κ3) is 4.01. The Morgan fingerprint density at radius 3 is 2.21 bits per heavy atom. The number of hydrogen-bond donors (Lipinski definition) is 2. The van der Waals surface area contributed by atoms with Crippen molar-refractivity contribution < 1.29 is 23.1 Å². The zero-order valence-corrected chi connectivity index (χ0v) is 20.5. The van der Waals surface area contributed by atoms with Gasteiger partial charge in [-0.15, -0.1) is 0 Å². The number of sulfonamides is 1. The largest absolute Gasteiger partial charge is 0.506 e. The molecule has 0 bridgehead atoms. The minimum Gasteiger partial charge on any atom is -0.506 e. The van der Waals surface area contributed by atoms with Crippen LogP contribution in [0.25, 0.3) is 0 Å². The molecule has 2 heterocycles. The zero-order valence-electron chi connectivity index (χ0n) is 18.9. The lowest BCUT2D eigenvalue weighted by Gasteiger charge is -2.19. The summed E-state index contributed by atoms with van der Waals surface area (Å²) >= 11 is 6.22. The Morgan fingerprint density at radius 1 is 1.00 bits per heavy atom. The minimum atomic E-state index is -4.07. The Balaban J connectivity index is 1.74. The van der Waals surface area contributed by atoms with Gasteiger partial charge in [0.1, 0.15) is 11.6 Å². The van der Waals surface area contributed by atoms with E-state index in [2.05, 4.69) is 9.71 Å². The van der Waals surface area contributed by atoms with Gasteiger partial charge in [-0.25, -0.2) is 18.3 Å². The second kappa shape index (κ2) is 8.11. The van der Waals surface area contributed by atoms with E-state index in [0.29, 0.717) is 5.56 Å². The van der Waals surface area contributed by atoms with E-state index < -0.39 is 21.8 Å².